The molecule has 10 heteroatoms. The Morgan fingerprint density at radius 1 is 1.06 bits per heavy atom. The smallest absolute Gasteiger partial charge is 0.427 e. The second-order valence-electron chi connectivity index (χ2n) is 9.77. The minimum Gasteiger partial charge on any atom is -0.464 e. The van der Waals surface area contributed by atoms with E-state index >= 15 is 0 Å². The highest BCUT2D eigenvalue weighted by Crippen LogP contribution is 2.49. The van der Waals surface area contributed by atoms with Crippen molar-refractivity contribution in [1.29, 1.82) is 0 Å². The summed E-state index contributed by atoms with van der Waals surface area (Å²) in [5, 5.41) is 0. The van der Waals surface area contributed by atoms with Gasteiger partial charge in [0.15, 0.2) is 0 Å². The zero-order chi connectivity index (χ0) is 24.8. The molecule has 1 saturated heterocycles. The van der Waals surface area contributed by atoms with E-state index in [-0.39, 0.29) is 12.6 Å². The molecule has 1 unspecified atom stereocenters. The number of rotatable bonds is 3. The number of ether oxygens (including phenoxy) is 1. The van der Waals surface area contributed by atoms with Crippen LogP contribution in [-0.2, 0) is 11.3 Å². The van der Waals surface area contributed by atoms with Gasteiger partial charge in [0.2, 0.25) is 6.17 Å². The number of aryl methyl sites for hydroxylation is 1. The van der Waals surface area contributed by atoms with E-state index in [0.717, 1.165) is 5.69 Å². The van der Waals surface area contributed by atoms with Crippen molar-refractivity contribution < 1.29 is 27.1 Å². The zero-order valence-electron chi connectivity index (χ0n) is 20.1. The number of hydrogen-bond acceptors (Lipinski definition) is 6. The van der Waals surface area contributed by atoms with Gasteiger partial charge in [-0.05, 0) is 52.0 Å². The van der Waals surface area contributed by atoms with Gasteiger partial charge in [-0.25, -0.2) is 4.79 Å². The Kier molecular flexibility index (Phi) is 6.12. The van der Waals surface area contributed by atoms with Crippen LogP contribution in [-0.4, -0.2) is 62.2 Å². The van der Waals surface area contributed by atoms with Crippen LogP contribution in [0.1, 0.15) is 32.3 Å². The summed E-state index contributed by atoms with van der Waals surface area (Å²) in [6, 6.07) is 8.79. The third-order valence-corrected chi connectivity index (χ3v) is 6.00. The number of carbonyl (C=O) groups excluding carboxylic acids is 1. The van der Waals surface area contributed by atoms with E-state index in [1.165, 1.54) is 16.8 Å². The molecule has 0 bridgehead atoms. The van der Waals surface area contributed by atoms with Gasteiger partial charge in [-0.15, -0.1) is 0 Å². The lowest BCUT2D eigenvalue weighted by Gasteiger charge is -2.38. The van der Waals surface area contributed by atoms with Crippen molar-refractivity contribution in [1.82, 2.24) is 4.90 Å². The molecule has 0 aliphatic carbocycles. The van der Waals surface area contributed by atoms with Crippen LogP contribution in [0.15, 0.2) is 34.7 Å². The van der Waals surface area contributed by atoms with E-state index in [1.807, 2.05) is 31.7 Å². The summed E-state index contributed by atoms with van der Waals surface area (Å²) >= 11 is 0. The van der Waals surface area contributed by atoms with Crippen LogP contribution in [0.5, 0.6) is 0 Å². The number of amides is 1. The van der Waals surface area contributed by atoms with Crippen LogP contribution in [0.2, 0.25) is 0 Å². The van der Waals surface area contributed by atoms with Crippen LogP contribution in [0, 0.1) is 6.92 Å². The van der Waals surface area contributed by atoms with Crippen molar-refractivity contribution in [2.75, 3.05) is 47.9 Å². The van der Waals surface area contributed by atoms with Crippen LogP contribution >= 0.6 is 0 Å². The highest BCUT2D eigenvalue weighted by atomic mass is 19.4. The van der Waals surface area contributed by atoms with E-state index < -0.39 is 17.9 Å². The molecule has 0 saturated carbocycles. The molecule has 0 spiro atoms. The molecule has 3 heterocycles. The molecule has 34 heavy (non-hydrogen) atoms. The second-order valence-corrected chi connectivity index (χ2v) is 9.77. The van der Waals surface area contributed by atoms with Crippen molar-refractivity contribution in [2.24, 2.45) is 0 Å². The Morgan fingerprint density at radius 2 is 1.71 bits per heavy atom. The Bertz CT molecular complexity index is 1040. The topological polar surface area (TPSA) is 52.4 Å². The SMILES string of the molecule is Cc1ccc(CN2c3cccc(N4CCN(C(=O)OC(C)(C)C)CC4)c3N(C)C2C(F)(F)F)o1. The molecule has 1 amide bonds. The largest absolute Gasteiger partial charge is 0.464 e. The number of para-hydroxylation sites is 1. The molecule has 2 aromatic rings. The second kappa shape index (κ2) is 8.63. The average molecular weight is 481 g/mol. The summed E-state index contributed by atoms with van der Waals surface area (Å²) in [5.41, 5.74) is 1.17. The molecule has 1 aromatic carbocycles. The summed E-state index contributed by atoms with van der Waals surface area (Å²) in [6.07, 6.45) is -6.65. The predicted molar refractivity (Wildman–Crippen MR) is 124 cm³/mol. The fourth-order valence-electron chi connectivity index (χ4n) is 4.59. The standard InChI is InChI=1S/C24H31F3N4O3/c1-16-9-10-17(33-16)15-31-19-8-6-7-18(20(19)28(5)21(31)24(25,26)27)29-11-13-30(14-12-29)22(32)34-23(2,3)4/h6-10,21H,11-15H2,1-5H3. The van der Waals surface area contributed by atoms with Gasteiger partial charge in [-0.1, -0.05) is 6.07 Å². The molecule has 1 fully saturated rings. The number of halogens is 3. The van der Waals surface area contributed by atoms with Gasteiger partial charge in [-0.2, -0.15) is 13.2 Å². The van der Waals surface area contributed by atoms with E-state index in [4.69, 9.17) is 9.15 Å². The molecular formula is C24H31F3N4O3. The first-order valence-electron chi connectivity index (χ1n) is 11.3. The summed E-state index contributed by atoms with van der Waals surface area (Å²) < 4.78 is 53.6. The van der Waals surface area contributed by atoms with Crippen molar-refractivity contribution in [3.05, 3.63) is 41.9 Å². The molecule has 2 aliphatic rings. The van der Waals surface area contributed by atoms with Gasteiger partial charge < -0.3 is 28.8 Å². The van der Waals surface area contributed by atoms with Gasteiger partial charge >= 0.3 is 12.3 Å². The number of furan rings is 1. The number of benzene rings is 1. The van der Waals surface area contributed by atoms with Crippen molar-refractivity contribution >= 4 is 23.2 Å². The van der Waals surface area contributed by atoms with E-state index in [9.17, 15) is 18.0 Å². The zero-order valence-corrected chi connectivity index (χ0v) is 20.1. The number of carbonyl (C=O) groups is 1. The Hall–Kier alpha value is -3.04. The van der Waals surface area contributed by atoms with Crippen molar-refractivity contribution in [3.8, 4) is 0 Å². The Morgan fingerprint density at radius 3 is 2.26 bits per heavy atom. The summed E-state index contributed by atoms with van der Waals surface area (Å²) in [6.45, 7) is 9.08. The maximum Gasteiger partial charge on any atom is 0.427 e. The molecule has 4 rings (SSSR count). The van der Waals surface area contributed by atoms with Crippen LogP contribution in [0.25, 0.3) is 0 Å². The molecular weight excluding hydrogens is 449 g/mol. The fourth-order valence-corrected chi connectivity index (χ4v) is 4.59. The van der Waals surface area contributed by atoms with E-state index in [1.54, 1.807) is 36.1 Å². The number of nitrogens with zero attached hydrogens (tertiary/aromatic N) is 4. The van der Waals surface area contributed by atoms with Gasteiger partial charge in [-0.3, -0.25) is 0 Å². The fraction of sp³-hybridized carbons (Fsp3) is 0.542. The maximum atomic E-state index is 14.2. The molecule has 1 atom stereocenters. The van der Waals surface area contributed by atoms with Gasteiger partial charge in [0, 0.05) is 33.2 Å². The van der Waals surface area contributed by atoms with Crippen LogP contribution < -0.4 is 14.7 Å². The summed E-state index contributed by atoms with van der Waals surface area (Å²) in [7, 11) is 1.48. The maximum absolute atomic E-state index is 14.2. The molecule has 2 aliphatic heterocycles. The lowest BCUT2D eigenvalue weighted by molar-refractivity contribution is -0.147. The third-order valence-electron chi connectivity index (χ3n) is 6.00. The van der Waals surface area contributed by atoms with Gasteiger partial charge in [0.1, 0.15) is 17.1 Å². The van der Waals surface area contributed by atoms with E-state index in [0.29, 0.717) is 49.1 Å². The number of hydrogen-bond donors (Lipinski definition) is 0. The summed E-state index contributed by atoms with van der Waals surface area (Å²) in [4.78, 5) is 18.7. The summed E-state index contributed by atoms with van der Waals surface area (Å²) in [5.74, 6) is 1.13. The van der Waals surface area contributed by atoms with Crippen LogP contribution in [0.3, 0.4) is 0 Å². The van der Waals surface area contributed by atoms with E-state index in [2.05, 4.69) is 0 Å². The first-order valence-corrected chi connectivity index (χ1v) is 11.3. The predicted octanol–water partition coefficient (Wildman–Crippen LogP) is 4.99. The molecule has 7 nitrogen and oxygen atoms in total. The Balaban J connectivity index is 1.59. The lowest BCUT2D eigenvalue weighted by Crippen LogP contribution is -2.52. The molecule has 0 N–H and O–H groups in total. The van der Waals surface area contributed by atoms with Gasteiger partial charge in [0.05, 0.1) is 23.6 Å². The first kappa shape index (κ1) is 24.1. The molecule has 0 radical (unpaired) electrons. The van der Waals surface area contributed by atoms with Gasteiger partial charge in [0.25, 0.3) is 0 Å². The average Bonchev–Trinajstić information content (AvgIpc) is 3.27. The lowest BCUT2D eigenvalue weighted by atomic mass is 10.1. The van der Waals surface area contributed by atoms with Crippen molar-refractivity contribution in [3.63, 3.8) is 0 Å². The monoisotopic (exact) mass is 480 g/mol. The number of fused-ring (bicyclic) bond motifs is 1. The van der Waals surface area contributed by atoms with Crippen molar-refractivity contribution in [2.45, 2.75) is 52.2 Å². The first-order chi connectivity index (χ1) is 15.8. The molecule has 186 valence electrons. The van der Waals surface area contributed by atoms with Crippen LogP contribution in [0.4, 0.5) is 35.0 Å². The number of piperazine rings is 1. The minimum absolute atomic E-state index is 0.00519. The highest BCUT2D eigenvalue weighted by Gasteiger charge is 2.52. The highest BCUT2D eigenvalue weighted by molar-refractivity contribution is 5.89. The quantitative estimate of drug-likeness (QED) is 0.617. The molecule has 1 aromatic heterocycles. The number of alkyl halides is 3. The number of anilines is 3. The Labute approximate surface area is 197 Å². The third kappa shape index (κ3) is 4.76. The minimum atomic E-state index is -4.47. The normalized spacial score (nSPS) is 19.0.